The van der Waals surface area contributed by atoms with E-state index in [1.54, 1.807) is 6.92 Å². The summed E-state index contributed by atoms with van der Waals surface area (Å²) < 4.78 is 71.2. The summed E-state index contributed by atoms with van der Waals surface area (Å²) in [5.41, 5.74) is -2.16. The molecule has 0 amide bonds. The third-order valence-electron chi connectivity index (χ3n) is 5.06. The van der Waals surface area contributed by atoms with Crippen molar-refractivity contribution in [3.05, 3.63) is 39.8 Å². The number of alkyl halides is 3. The largest absolute Gasteiger partial charge is 0.480 e. The van der Waals surface area contributed by atoms with Gasteiger partial charge in [0, 0.05) is 19.2 Å². The quantitative estimate of drug-likeness (QED) is 0.556. The van der Waals surface area contributed by atoms with Crippen molar-refractivity contribution in [2.75, 3.05) is 6.61 Å². The van der Waals surface area contributed by atoms with Gasteiger partial charge in [0.05, 0.1) is 0 Å². The van der Waals surface area contributed by atoms with Gasteiger partial charge >= 0.3 is 17.8 Å². The topological polar surface area (TPSA) is 105 Å². The standard InChI is InChI=1S/C20H23F4N3O6.CH4/c1-3-26-16(10-32-17-6-4-5-7-31-17)25-27(19(26)30)14-9-15(33-11(2)20(22,23)24)12(18(28)29)8-13(14)21;/h8-9,11,17H,3-7,10H2,1-2H3,(H,28,29);1H4/t11-,17?;/m0./s1. The zero-order valence-corrected chi connectivity index (χ0v) is 17.9. The van der Waals surface area contributed by atoms with Gasteiger partial charge in [-0.25, -0.2) is 14.0 Å². The first kappa shape index (κ1) is 27.3. The Morgan fingerprint density at radius 1 is 1.35 bits per heavy atom. The van der Waals surface area contributed by atoms with Crippen LogP contribution in [0.2, 0.25) is 0 Å². The third-order valence-corrected chi connectivity index (χ3v) is 5.06. The predicted molar refractivity (Wildman–Crippen MR) is 112 cm³/mol. The predicted octanol–water partition coefficient (Wildman–Crippen LogP) is 3.90. The van der Waals surface area contributed by atoms with Crippen LogP contribution >= 0.6 is 0 Å². The van der Waals surface area contributed by atoms with E-state index in [0.717, 1.165) is 12.8 Å². The highest BCUT2D eigenvalue weighted by Crippen LogP contribution is 2.30. The van der Waals surface area contributed by atoms with Crippen LogP contribution in [0.4, 0.5) is 17.6 Å². The van der Waals surface area contributed by atoms with Gasteiger partial charge in [-0.1, -0.05) is 7.43 Å². The maximum absolute atomic E-state index is 14.7. The fourth-order valence-corrected chi connectivity index (χ4v) is 3.26. The van der Waals surface area contributed by atoms with E-state index >= 15 is 0 Å². The van der Waals surface area contributed by atoms with E-state index in [9.17, 15) is 32.3 Å². The van der Waals surface area contributed by atoms with Gasteiger partial charge in [-0.15, -0.1) is 5.10 Å². The summed E-state index contributed by atoms with van der Waals surface area (Å²) in [5, 5.41) is 13.3. The number of ether oxygens (including phenoxy) is 3. The number of nitrogens with zero attached hydrogens (tertiary/aromatic N) is 3. The van der Waals surface area contributed by atoms with Gasteiger partial charge in [-0.3, -0.25) is 4.57 Å². The van der Waals surface area contributed by atoms with E-state index in [1.165, 1.54) is 4.57 Å². The van der Waals surface area contributed by atoms with Crippen LogP contribution in [0, 0.1) is 5.82 Å². The van der Waals surface area contributed by atoms with E-state index in [2.05, 4.69) is 5.10 Å². The fraction of sp³-hybridized carbons (Fsp3) is 0.571. The molecule has 3 rings (SSSR count). The van der Waals surface area contributed by atoms with Crippen LogP contribution < -0.4 is 10.4 Å². The molecule has 34 heavy (non-hydrogen) atoms. The third kappa shape index (κ3) is 5.95. The Bertz CT molecular complexity index is 1060. The highest BCUT2D eigenvalue weighted by atomic mass is 19.4. The van der Waals surface area contributed by atoms with Crippen molar-refractivity contribution in [3.8, 4) is 11.4 Å². The Kier molecular flexibility index (Phi) is 8.83. The summed E-state index contributed by atoms with van der Waals surface area (Å²) in [5.74, 6) is -3.48. The number of benzene rings is 1. The Balaban J connectivity index is 0.00000408. The summed E-state index contributed by atoms with van der Waals surface area (Å²) in [7, 11) is 0. The van der Waals surface area contributed by atoms with Gasteiger partial charge < -0.3 is 19.3 Å². The molecule has 0 spiro atoms. The molecule has 190 valence electrons. The summed E-state index contributed by atoms with van der Waals surface area (Å²) in [6.07, 6.45) is -5.15. The second kappa shape index (κ2) is 11.0. The molecule has 1 aromatic heterocycles. The van der Waals surface area contributed by atoms with Gasteiger partial charge in [0.1, 0.15) is 29.4 Å². The van der Waals surface area contributed by atoms with Crippen LogP contribution in [0.3, 0.4) is 0 Å². The monoisotopic (exact) mass is 493 g/mol. The van der Waals surface area contributed by atoms with Gasteiger partial charge in [-0.2, -0.15) is 17.9 Å². The second-order valence-electron chi connectivity index (χ2n) is 7.37. The van der Waals surface area contributed by atoms with Crippen molar-refractivity contribution in [1.82, 2.24) is 14.3 Å². The van der Waals surface area contributed by atoms with Crippen LogP contribution in [0.1, 0.15) is 56.7 Å². The zero-order valence-electron chi connectivity index (χ0n) is 17.9. The van der Waals surface area contributed by atoms with Crippen LogP contribution in [-0.2, 0) is 22.6 Å². The van der Waals surface area contributed by atoms with E-state index in [1.807, 2.05) is 0 Å². The molecule has 1 saturated heterocycles. The molecule has 13 heteroatoms. The summed E-state index contributed by atoms with van der Waals surface area (Å²) in [6.45, 7) is 2.91. The molecule has 1 aromatic carbocycles. The number of carboxylic acids is 1. The molecule has 9 nitrogen and oxygen atoms in total. The second-order valence-corrected chi connectivity index (χ2v) is 7.37. The first-order chi connectivity index (χ1) is 15.5. The first-order valence-corrected chi connectivity index (χ1v) is 10.3. The number of aromatic carboxylic acids is 1. The molecular formula is C21H27F4N3O6. The van der Waals surface area contributed by atoms with Crippen LogP contribution in [-0.4, -0.2) is 50.6 Å². The maximum Gasteiger partial charge on any atom is 0.425 e. The van der Waals surface area contributed by atoms with Crippen molar-refractivity contribution >= 4 is 5.97 Å². The molecule has 1 aliphatic rings. The Labute approximate surface area is 192 Å². The number of carboxylic acid groups (broad SMARTS) is 1. The van der Waals surface area contributed by atoms with Crippen molar-refractivity contribution in [2.45, 2.75) is 72.3 Å². The molecule has 0 saturated carbocycles. The summed E-state index contributed by atoms with van der Waals surface area (Å²) in [4.78, 5) is 24.2. The van der Waals surface area contributed by atoms with E-state index in [0.29, 0.717) is 36.8 Å². The molecule has 0 aliphatic carbocycles. The average Bonchev–Trinajstić information content (AvgIpc) is 3.08. The van der Waals surface area contributed by atoms with Crippen molar-refractivity contribution in [3.63, 3.8) is 0 Å². The van der Waals surface area contributed by atoms with E-state index in [4.69, 9.17) is 14.2 Å². The molecular weight excluding hydrogens is 466 g/mol. The highest BCUT2D eigenvalue weighted by Gasteiger charge is 2.39. The molecule has 1 aliphatic heterocycles. The van der Waals surface area contributed by atoms with Crippen LogP contribution in [0.15, 0.2) is 16.9 Å². The van der Waals surface area contributed by atoms with Gasteiger partial charge in [0.2, 0.25) is 0 Å². The molecule has 1 fully saturated rings. The van der Waals surface area contributed by atoms with E-state index in [-0.39, 0.29) is 26.4 Å². The van der Waals surface area contributed by atoms with E-state index < -0.39 is 53.0 Å². The van der Waals surface area contributed by atoms with Gasteiger partial charge in [-0.05, 0) is 39.2 Å². The number of rotatable bonds is 8. The zero-order chi connectivity index (χ0) is 24.3. The van der Waals surface area contributed by atoms with Crippen LogP contribution in [0.25, 0.3) is 5.69 Å². The first-order valence-electron chi connectivity index (χ1n) is 10.3. The Morgan fingerprint density at radius 2 is 2.06 bits per heavy atom. The molecule has 2 aromatic rings. The highest BCUT2D eigenvalue weighted by molar-refractivity contribution is 5.91. The Morgan fingerprint density at radius 3 is 2.62 bits per heavy atom. The van der Waals surface area contributed by atoms with Crippen LogP contribution in [0.5, 0.6) is 5.75 Å². The number of aromatic nitrogens is 3. The molecule has 2 atom stereocenters. The lowest BCUT2D eigenvalue weighted by Crippen LogP contribution is -2.32. The lowest BCUT2D eigenvalue weighted by Gasteiger charge is -2.22. The van der Waals surface area contributed by atoms with Crippen molar-refractivity contribution in [1.29, 1.82) is 0 Å². The maximum atomic E-state index is 14.7. The van der Waals surface area contributed by atoms with Gasteiger partial charge in [0.15, 0.2) is 18.2 Å². The minimum Gasteiger partial charge on any atom is -0.480 e. The molecule has 0 bridgehead atoms. The SMILES string of the molecule is C.CCn1c(COC2CCCCO2)nn(-c2cc(O[C@@H](C)C(F)(F)F)c(C(=O)O)cc2F)c1=O. The van der Waals surface area contributed by atoms with Crippen molar-refractivity contribution < 1.29 is 41.7 Å². The molecule has 1 N–H and O–H groups in total. The normalized spacial score (nSPS) is 17.2. The van der Waals surface area contributed by atoms with Gasteiger partial charge in [0.25, 0.3) is 0 Å². The smallest absolute Gasteiger partial charge is 0.425 e. The fourth-order valence-electron chi connectivity index (χ4n) is 3.26. The summed E-state index contributed by atoms with van der Waals surface area (Å²) >= 11 is 0. The molecule has 2 heterocycles. The average molecular weight is 493 g/mol. The lowest BCUT2D eigenvalue weighted by molar-refractivity contribution is -0.189. The number of hydrogen-bond donors (Lipinski definition) is 1. The Hall–Kier alpha value is -2.93. The minimum absolute atomic E-state index is 0. The number of hydrogen-bond acceptors (Lipinski definition) is 6. The summed E-state index contributed by atoms with van der Waals surface area (Å²) in [6, 6.07) is 1.20. The molecule has 0 radical (unpaired) electrons. The lowest BCUT2D eigenvalue weighted by atomic mass is 10.1. The number of carbonyl (C=O) groups is 1. The number of halogens is 4. The minimum atomic E-state index is -4.79. The van der Waals surface area contributed by atoms with Crippen molar-refractivity contribution in [2.24, 2.45) is 0 Å². The molecule has 1 unspecified atom stereocenters.